The summed E-state index contributed by atoms with van der Waals surface area (Å²) >= 11 is 6.54. The second kappa shape index (κ2) is 8.71. The fourth-order valence-electron chi connectivity index (χ4n) is 4.01. The molecule has 4 rings (SSSR count). The zero-order valence-corrected chi connectivity index (χ0v) is 17.8. The van der Waals surface area contributed by atoms with Crippen molar-refractivity contribution >= 4 is 17.3 Å². The molecule has 154 valence electrons. The number of rotatable bonds is 5. The van der Waals surface area contributed by atoms with Crippen LogP contribution in [0.4, 0.5) is 5.69 Å². The second-order valence-corrected chi connectivity index (χ2v) is 8.00. The minimum Gasteiger partial charge on any atom is -0.395 e. The summed E-state index contributed by atoms with van der Waals surface area (Å²) in [5, 5.41) is 9.89. The number of aliphatic hydroxyl groups is 1. The number of halogens is 1. The van der Waals surface area contributed by atoms with E-state index in [2.05, 4.69) is 60.8 Å². The number of hydrogen-bond acceptors (Lipinski definition) is 5. The lowest BCUT2D eigenvalue weighted by Crippen LogP contribution is -2.55. The van der Waals surface area contributed by atoms with Gasteiger partial charge in [0.15, 0.2) is 0 Å². The van der Waals surface area contributed by atoms with Gasteiger partial charge < -0.3 is 14.6 Å². The van der Waals surface area contributed by atoms with Gasteiger partial charge in [-0.15, -0.1) is 0 Å². The topological polar surface area (TPSA) is 47.8 Å². The summed E-state index contributed by atoms with van der Waals surface area (Å²) in [4.78, 5) is 11.6. The van der Waals surface area contributed by atoms with Gasteiger partial charge in [0.05, 0.1) is 11.6 Å². The molecule has 6 nitrogen and oxygen atoms in total. The van der Waals surface area contributed by atoms with E-state index in [9.17, 15) is 5.11 Å². The van der Waals surface area contributed by atoms with Crippen molar-refractivity contribution in [2.45, 2.75) is 13.1 Å². The van der Waals surface area contributed by atoms with Crippen molar-refractivity contribution in [3.05, 3.63) is 59.5 Å². The number of nitrogens with zero attached hydrogens (tertiary/aromatic N) is 5. The van der Waals surface area contributed by atoms with Crippen molar-refractivity contribution in [1.29, 1.82) is 0 Å². The van der Waals surface area contributed by atoms with Gasteiger partial charge in [-0.1, -0.05) is 17.7 Å². The molecule has 1 atom stereocenters. The van der Waals surface area contributed by atoms with Crippen LogP contribution in [0.25, 0.3) is 11.4 Å². The van der Waals surface area contributed by atoms with Crippen molar-refractivity contribution in [1.82, 2.24) is 19.4 Å². The van der Waals surface area contributed by atoms with Crippen molar-refractivity contribution in [2.24, 2.45) is 7.05 Å². The number of allylic oxidation sites excluding steroid dienone is 2. The molecule has 1 aromatic carbocycles. The normalized spacial score (nSPS) is 20.6. The van der Waals surface area contributed by atoms with Gasteiger partial charge in [0.25, 0.3) is 0 Å². The summed E-state index contributed by atoms with van der Waals surface area (Å²) in [5.41, 5.74) is 3.13. The molecular formula is C22H28ClN5O. The maximum absolute atomic E-state index is 9.19. The molecule has 0 amide bonds. The first-order chi connectivity index (χ1) is 14.1. The van der Waals surface area contributed by atoms with Gasteiger partial charge in [-0.25, -0.2) is 4.98 Å². The minimum atomic E-state index is 0.161. The molecular weight excluding hydrogens is 386 g/mol. The Labute approximate surface area is 177 Å². The molecule has 2 aliphatic rings. The third-order valence-corrected chi connectivity index (χ3v) is 6.16. The van der Waals surface area contributed by atoms with Crippen LogP contribution in [-0.4, -0.2) is 70.0 Å². The molecule has 1 N–H and O–H groups in total. The Hall–Kier alpha value is -2.12. The van der Waals surface area contributed by atoms with Crippen molar-refractivity contribution < 1.29 is 5.11 Å². The maximum Gasteiger partial charge on any atom is 0.141 e. The number of piperazine rings is 1. The molecule has 1 fully saturated rings. The third-order valence-electron chi connectivity index (χ3n) is 5.83. The first kappa shape index (κ1) is 20.2. The average Bonchev–Trinajstić information content (AvgIpc) is 3.08. The van der Waals surface area contributed by atoms with Crippen LogP contribution in [0.3, 0.4) is 0 Å². The fraction of sp³-hybridized carbons (Fsp3) is 0.409. The summed E-state index contributed by atoms with van der Waals surface area (Å²) in [6.07, 6.45) is 10.6. The molecule has 0 bridgehead atoms. The van der Waals surface area contributed by atoms with Gasteiger partial charge >= 0.3 is 0 Å². The first-order valence-corrected chi connectivity index (χ1v) is 10.4. The van der Waals surface area contributed by atoms with Gasteiger partial charge in [0.2, 0.25) is 0 Å². The van der Waals surface area contributed by atoms with E-state index in [-0.39, 0.29) is 12.8 Å². The highest BCUT2D eigenvalue weighted by atomic mass is 35.5. The van der Waals surface area contributed by atoms with Gasteiger partial charge in [-0.3, -0.25) is 9.80 Å². The summed E-state index contributed by atoms with van der Waals surface area (Å²) in [5.74, 6) is 0.875. The van der Waals surface area contributed by atoms with Crippen molar-refractivity contribution in [3.8, 4) is 11.4 Å². The number of aryl methyl sites for hydroxylation is 1. The molecule has 1 unspecified atom stereocenters. The van der Waals surface area contributed by atoms with Gasteiger partial charge in [-0.05, 0) is 37.3 Å². The third kappa shape index (κ3) is 4.12. The molecule has 3 heterocycles. The van der Waals surface area contributed by atoms with Crippen molar-refractivity contribution in [3.63, 3.8) is 0 Å². The molecule has 0 radical (unpaired) electrons. The zero-order valence-electron chi connectivity index (χ0n) is 17.0. The summed E-state index contributed by atoms with van der Waals surface area (Å²) in [6.45, 7) is 6.90. The van der Waals surface area contributed by atoms with Crippen LogP contribution >= 0.6 is 11.6 Å². The molecule has 7 heteroatoms. The minimum absolute atomic E-state index is 0.161. The van der Waals surface area contributed by atoms with Crippen molar-refractivity contribution in [2.75, 3.05) is 44.2 Å². The van der Waals surface area contributed by atoms with E-state index in [1.165, 1.54) is 0 Å². The first-order valence-electron chi connectivity index (χ1n) is 10.1. The van der Waals surface area contributed by atoms with Crippen LogP contribution in [0.5, 0.6) is 0 Å². The Morgan fingerprint density at radius 3 is 2.66 bits per heavy atom. The number of hydrogen-bond donors (Lipinski definition) is 1. The van der Waals surface area contributed by atoms with E-state index < -0.39 is 0 Å². The largest absolute Gasteiger partial charge is 0.395 e. The molecule has 1 aromatic heterocycles. The van der Waals surface area contributed by atoms with Gasteiger partial charge in [-0.2, -0.15) is 0 Å². The highest BCUT2D eigenvalue weighted by Gasteiger charge is 2.27. The Balaban J connectivity index is 1.60. The number of benzene rings is 1. The number of aromatic nitrogens is 2. The Kier molecular flexibility index (Phi) is 6.06. The lowest BCUT2D eigenvalue weighted by Gasteiger charge is -2.43. The van der Waals surface area contributed by atoms with E-state index in [1.807, 2.05) is 26.2 Å². The van der Waals surface area contributed by atoms with E-state index >= 15 is 0 Å². The van der Waals surface area contributed by atoms with Gasteiger partial charge in [0, 0.05) is 69.1 Å². The predicted molar refractivity (Wildman–Crippen MR) is 118 cm³/mol. The number of imidazole rings is 1. The highest BCUT2D eigenvalue weighted by molar-refractivity contribution is 6.33. The molecule has 0 spiro atoms. The standard InChI is InChI=1S/C22H28ClN5O/c1-17-16-24-22(25(17)2)19-15-18(6-7-20(19)23)28-8-4-3-5-21(28)27-11-9-26(10-12-27)13-14-29/h3-8,15-16,21,29H,9-14H2,1-2H3. The number of anilines is 1. The summed E-state index contributed by atoms with van der Waals surface area (Å²) in [7, 11) is 2.01. The van der Waals surface area contributed by atoms with E-state index in [0.717, 1.165) is 55.5 Å². The smallest absolute Gasteiger partial charge is 0.141 e. The Bertz CT molecular complexity index is 914. The van der Waals surface area contributed by atoms with E-state index in [4.69, 9.17) is 11.6 Å². The molecule has 29 heavy (non-hydrogen) atoms. The fourth-order valence-corrected chi connectivity index (χ4v) is 4.21. The quantitative estimate of drug-likeness (QED) is 0.816. The number of aliphatic hydroxyl groups excluding tert-OH is 1. The molecule has 2 aliphatic heterocycles. The Morgan fingerprint density at radius 1 is 1.17 bits per heavy atom. The van der Waals surface area contributed by atoms with Gasteiger partial charge in [0.1, 0.15) is 12.0 Å². The number of β-amino-alcohol motifs (C(OH)–C–C–N with tert-alkyl or cyclic N) is 1. The Morgan fingerprint density at radius 2 is 1.97 bits per heavy atom. The van der Waals surface area contributed by atoms with Crippen LogP contribution in [0.2, 0.25) is 5.02 Å². The summed E-state index contributed by atoms with van der Waals surface area (Å²) < 4.78 is 2.06. The predicted octanol–water partition coefficient (Wildman–Crippen LogP) is 2.87. The van der Waals surface area contributed by atoms with Crippen LogP contribution in [0.15, 0.2) is 48.8 Å². The molecule has 0 saturated carbocycles. The monoisotopic (exact) mass is 413 g/mol. The SMILES string of the molecule is Cc1cnc(-c2cc(N3C=CC=CC3N3CCN(CCO)CC3)ccc2Cl)n1C. The van der Waals surface area contributed by atoms with Crippen LogP contribution < -0.4 is 4.90 Å². The van der Waals surface area contributed by atoms with Crippen LogP contribution in [0.1, 0.15) is 5.69 Å². The van der Waals surface area contributed by atoms with Crippen LogP contribution in [0, 0.1) is 6.92 Å². The lowest BCUT2D eigenvalue weighted by atomic mass is 10.1. The summed E-state index contributed by atoms with van der Waals surface area (Å²) in [6, 6.07) is 6.15. The maximum atomic E-state index is 9.19. The van der Waals surface area contributed by atoms with E-state index in [0.29, 0.717) is 5.02 Å². The van der Waals surface area contributed by atoms with E-state index in [1.54, 1.807) is 0 Å². The van der Waals surface area contributed by atoms with Crippen LogP contribution in [-0.2, 0) is 7.05 Å². The second-order valence-electron chi connectivity index (χ2n) is 7.59. The zero-order chi connectivity index (χ0) is 20.4. The lowest BCUT2D eigenvalue weighted by molar-refractivity contribution is 0.0972. The molecule has 2 aromatic rings. The molecule has 0 aliphatic carbocycles. The molecule has 1 saturated heterocycles. The average molecular weight is 414 g/mol. The highest BCUT2D eigenvalue weighted by Crippen LogP contribution is 2.33.